The van der Waals surface area contributed by atoms with Gasteiger partial charge in [0.05, 0.1) is 0 Å². The molecule has 1 N–H and O–H groups in total. The largest absolute Gasteiger partial charge is 0.316 e. The SMILES string of the molecule is CNC(C(C)c1ccccc1)C1CC2CCC1C2. The quantitative estimate of drug-likeness (QED) is 0.848. The van der Waals surface area contributed by atoms with Crippen LogP contribution < -0.4 is 5.32 Å². The minimum Gasteiger partial charge on any atom is -0.316 e. The molecule has 1 aromatic rings. The molecular formula is C17H25N. The first-order valence-electron chi connectivity index (χ1n) is 7.51. The van der Waals surface area contributed by atoms with E-state index in [-0.39, 0.29) is 0 Å². The summed E-state index contributed by atoms with van der Waals surface area (Å²) in [5.74, 6) is 3.57. The van der Waals surface area contributed by atoms with E-state index in [2.05, 4.69) is 49.6 Å². The summed E-state index contributed by atoms with van der Waals surface area (Å²) in [5.41, 5.74) is 1.49. The molecule has 5 atom stereocenters. The third-order valence-corrected chi connectivity index (χ3v) is 5.45. The van der Waals surface area contributed by atoms with Crippen molar-refractivity contribution >= 4 is 0 Å². The molecule has 2 aliphatic rings. The van der Waals surface area contributed by atoms with E-state index in [4.69, 9.17) is 0 Å². The van der Waals surface area contributed by atoms with Gasteiger partial charge in [0.25, 0.3) is 0 Å². The summed E-state index contributed by atoms with van der Waals surface area (Å²) in [7, 11) is 2.15. The number of benzene rings is 1. The van der Waals surface area contributed by atoms with Crippen molar-refractivity contribution in [3.63, 3.8) is 0 Å². The normalized spacial score (nSPS) is 33.6. The summed E-state index contributed by atoms with van der Waals surface area (Å²) in [6, 6.07) is 11.7. The Bertz CT molecular complexity index is 386. The molecule has 2 bridgehead atoms. The van der Waals surface area contributed by atoms with E-state index >= 15 is 0 Å². The molecule has 0 saturated heterocycles. The monoisotopic (exact) mass is 243 g/mol. The minimum atomic E-state index is 0.626. The second kappa shape index (κ2) is 5.05. The Labute approximate surface area is 111 Å². The standard InChI is InChI=1S/C17H25N/c1-12(14-6-4-3-5-7-14)17(18-2)16-11-13-8-9-15(16)10-13/h3-7,12-13,15-18H,8-11H2,1-2H3. The van der Waals surface area contributed by atoms with Crippen LogP contribution in [0.2, 0.25) is 0 Å². The average Bonchev–Trinajstić information content (AvgIpc) is 3.03. The van der Waals surface area contributed by atoms with Gasteiger partial charge in [-0.1, -0.05) is 43.7 Å². The smallest absolute Gasteiger partial charge is 0.0161 e. The molecule has 0 aromatic heterocycles. The van der Waals surface area contributed by atoms with Crippen molar-refractivity contribution < 1.29 is 0 Å². The fraction of sp³-hybridized carbons (Fsp3) is 0.647. The second-order valence-electron chi connectivity index (χ2n) is 6.35. The van der Waals surface area contributed by atoms with Gasteiger partial charge in [0, 0.05) is 6.04 Å². The second-order valence-corrected chi connectivity index (χ2v) is 6.35. The highest BCUT2D eigenvalue weighted by molar-refractivity contribution is 5.21. The molecule has 2 saturated carbocycles. The van der Waals surface area contributed by atoms with E-state index in [1.54, 1.807) is 0 Å². The zero-order valence-corrected chi connectivity index (χ0v) is 11.6. The lowest BCUT2D eigenvalue weighted by Crippen LogP contribution is -2.40. The van der Waals surface area contributed by atoms with E-state index in [1.165, 1.54) is 31.2 Å². The van der Waals surface area contributed by atoms with Crippen LogP contribution >= 0.6 is 0 Å². The molecule has 3 rings (SSSR count). The molecule has 0 heterocycles. The zero-order chi connectivity index (χ0) is 12.5. The first-order chi connectivity index (χ1) is 8.79. The number of nitrogens with one attached hydrogen (secondary N) is 1. The molecule has 0 spiro atoms. The fourth-order valence-electron chi connectivity index (χ4n) is 4.53. The molecular weight excluding hydrogens is 218 g/mol. The summed E-state index contributed by atoms with van der Waals surface area (Å²) in [5, 5.41) is 3.63. The topological polar surface area (TPSA) is 12.0 Å². The van der Waals surface area contributed by atoms with Gasteiger partial charge in [-0.2, -0.15) is 0 Å². The Hall–Kier alpha value is -0.820. The molecule has 98 valence electrons. The van der Waals surface area contributed by atoms with Gasteiger partial charge in [0.1, 0.15) is 0 Å². The summed E-state index contributed by atoms with van der Waals surface area (Å²) in [6.07, 6.45) is 5.95. The maximum atomic E-state index is 3.63. The van der Waals surface area contributed by atoms with Crippen LogP contribution in [-0.2, 0) is 0 Å². The third-order valence-electron chi connectivity index (χ3n) is 5.45. The highest BCUT2D eigenvalue weighted by atomic mass is 14.9. The zero-order valence-electron chi connectivity index (χ0n) is 11.6. The van der Waals surface area contributed by atoms with Crippen molar-refractivity contribution in [3.8, 4) is 0 Å². The van der Waals surface area contributed by atoms with Crippen molar-refractivity contribution in [2.45, 2.75) is 44.6 Å². The Balaban J connectivity index is 1.76. The van der Waals surface area contributed by atoms with Gasteiger partial charge in [-0.05, 0) is 55.5 Å². The minimum absolute atomic E-state index is 0.626. The van der Waals surface area contributed by atoms with Crippen LogP contribution in [0.3, 0.4) is 0 Å². The Morgan fingerprint density at radius 1 is 1.11 bits per heavy atom. The average molecular weight is 243 g/mol. The summed E-state index contributed by atoms with van der Waals surface area (Å²) in [6.45, 7) is 2.39. The van der Waals surface area contributed by atoms with Gasteiger partial charge >= 0.3 is 0 Å². The van der Waals surface area contributed by atoms with E-state index < -0.39 is 0 Å². The molecule has 0 aliphatic heterocycles. The molecule has 1 heteroatoms. The Morgan fingerprint density at radius 3 is 2.44 bits per heavy atom. The van der Waals surface area contributed by atoms with Crippen LogP contribution in [0.4, 0.5) is 0 Å². The molecule has 1 nitrogen and oxygen atoms in total. The number of fused-ring (bicyclic) bond motifs is 2. The highest BCUT2D eigenvalue weighted by Crippen LogP contribution is 2.51. The van der Waals surface area contributed by atoms with Crippen LogP contribution in [0.1, 0.15) is 44.1 Å². The predicted molar refractivity (Wildman–Crippen MR) is 76.6 cm³/mol. The summed E-state index contributed by atoms with van der Waals surface area (Å²) < 4.78 is 0. The van der Waals surface area contributed by atoms with Gasteiger partial charge < -0.3 is 5.32 Å². The van der Waals surface area contributed by atoms with Crippen LogP contribution in [-0.4, -0.2) is 13.1 Å². The van der Waals surface area contributed by atoms with Crippen molar-refractivity contribution in [2.24, 2.45) is 17.8 Å². The molecule has 18 heavy (non-hydrogen) atoms. The van der Waals surface area contributed by atoms with Crippen molar-refractivity contribution in [3.05, 3.63) is 35.9 Å². The lowest BCUT2D eigenvalue weighted by atomic mass is 9.76. The predicted octanol–water partition coefficient (Wildman–Crippen LogP) is 3.81. The van der Waals surface area contributed by atoms with Crippen LogP contribution in [0, 0.1) is 17.8 Å². The third kappa shape index (κ3) is 2.09. The first-order valence-corrected chi connectivity index (χ1v) is 7.51. The maximum Gasteiger partial charge on any atom is 0.0161 e. The highest BCUT2D eigenvalue weighted by Gasteiger charge is 2.44. The van der Waals surface area contributed by atoms with Crippen LogP contribution in [0.15, 0.2) is 30.3 Å². The maximum absolute atomic E-state index is 3.63. The number of hydrogen-bond acceptors (Lipinski definition) is 1. The molecule has 1 aromatic carbocycles. The molecule has 0 radical (unpaired) electrons. The number of rotatable bonds is 4. The molecule has 5 unspecified atom stereocenters. The van der Waals surface area contributed by atoms with Gasteiger partial charge in [-0.25, -0.2) is 0 Å². The van der Waals surface area contributed by atoms with Gasteiger partial charge in [0.2, 0.25) is 0 Å². The van der Waals surface area contributed by atoms with Crippen molar-refractivity contribution in [2.75, 3.05) is 7.05 Å². The molecule has 2 fully saturated rings. The van der Waals surface area contributed by atoms with E-state index in [1.807, 2.05) is 0 Å². The lowest BCUT2D eigenvalue weighted by molar-refractivity contribution is 0.235. The van der Waals surface area contributed by atoms with E-state index in [0.29, 0.717) is 12.0 Å². The number of likely N-dealkylation sites (N-methyl/N-ethyl adjacent to an activating group) is 1. The summed E-state index contributed by atoms with van der Waals surface area (Å²) >= 11 is 0. The first kappa shape index (κ1) is 12.2. The molecule has 2 aliphatic carbocycles. The van der Waals surface area contributed by atoms with Crippen molar-refractivity contribution in [1.29, 1.82) is 0 Å². The van der Waals surface area contributed by atoms with Gasteiger partial charge in [-0.3, -0.25) is 0 Å². The lowest BCUT2D eigenvalue weighted by Gasteiger charge is -2.34. The summed E-state index contributed by atoms with van der Waals surface area (Å²) in [4.78, 5) is 0. The fourth-order valence-corrected chi connectivity index (χ4v) is 4.53. The van der Waals surface area contributed by atoms with E-state index in [9.17, 15) is 0 Å². The van der Waals surface area contributed by atoms with Gasteiger partial charge in [-0.15, -0.1) is 0 Å². The van der Waals surface area contributed by atoms with Gasteiger partial charge in [0.15, 0.2) is 0 Å². The molecule has 0 amide bonds. The number of hydrogen-bond donors (Lipinski definition) is 1. The van der Waals surface area contributed by atoms with Crippen molar-refractivity contribution in [1.82, 2.24) is 5.32 Å². The van der Waals surface area contributed by atoms with Crippen LogP contribution in [0.25, 0.3) is 0 Å². The Kier molecular flexibility index (Phi) is 3.43. The Morgan fingerprint density at radius 2 is 1.89 bits per heavy atom. The van der Waals surface area contributed by atoms with E-state index in [0.717, 1.165) is 17.8 Å². The van der Waals surface area contributed by atoms with Crippen LogP contribution in [0.5, 0.6) is 0 Å².